The average molecular weight is 245 g/mol. The van der Waals surface area contributed by atoms with E-state index in [1.807, 2.05) is 6.92 Å². The van der Waals surface area contributed by atoms with Gasteiger partial charge in [-0.2, -0.15) is 4.98 Å². The predicted molar refractivity (Wildman–Crippen MR) is 64.8 cm³/mol. The van der Waals surface area contributed by atoms with Crippen molar-refractivity contribution in [2.75, 3.05) is 6.54 Å². The molecule has 1 aliphatic rings. The van der Waals surface area contributed by atoms with Gasteiger partial charge >= 0.3 is 0 Å². The highest BCUT2D eigenvalue weighted by molar-refractivity contribution is 5.46. The minimum Gasteiger partial charge on any atom is -0.339 e. The van der Waals surface area contributed by atoms with Crippen LogP contribution in [0.2, 0.25) is 0 Å². The van der Waals surface area contributed by atoms with Crippen LogP contribution in [-0.2, 0) is 6.42 Å². The van der Waals surface area contributed by atoms with Crippen molar-refractivity contribution in [2.45, 2.75) is 32.2 Å². The molecular weight excluding hydrogens is 230 g/mol. The molecule has 94 valence electrons. The summed E-state index contributed by atoms with van der Waals surface area (Å²) in [5.41, 5.74) is 0.702. The van der Waals surface area contributed by atoms with Crippen molar-refractivity contribution >= 4 is 0 Å². The molecule has 3 rings (SSSR count). The number of hydrogen-bond donors (Lipinski definition) is 1. The molecule has 0 unspecified atom stereocenters. The van der Waals surface area contributed by atoms with Gasteiger partial charge in [0.1, 0.15) is 11.5 Å². The zero-order chi connectivity index (χ0) is 12.4. The third-order valence-corrected chi connectivity index (χ3v) is 2.82. The molecule has 6 heteroatoms. The van der Waals surface area contributed by atoms with E-state index in [1.165, 1.54) is 12.8 Å². The van der Waals surface area contributed by atoms with E-state index in [0.717, 1.165) is 13.0 Å². The molecule has 0 aliphatic heterocycles. The molecule has 0 aromatic carbocycles. The second-order valence-electron chi connectivity index (χ2n) is 4.48. The first-order valence-corrected chi connectivity index (χ1v) is 6.17. The second-order valence-corrected chi connectivity index (χ2v) is 4.48. The van der Waals surface area contributed by atoms with Crippen molar-refractivity contribution in [3.63, 3.8) is 0 Å². The number of rotatable bonds is 5. The Kier molecular flexibility index (Phi) is 3.02. The summed E-state index contributed by atoms with van der Waals surface area (Å²) in [6.07, 6.45) is 5.03. The first kappa shape index (κ1) is 11.3. The minimum absolute atomic E-state index is 0.530. The van der Waals surface area contributed by atoms with Crippen LogP contribution in [0, 0.1) is 6.92 Å². The largest absolute Gasteiger partial charge is 0.339 e. The van der Waals surface area contributed by atoms with E-state index < -0.39 is 0 Å². The third kappa shape index (κ3) is 2.70. The fraction of sp³-hybridized carbons (Fsp3) is 0.500. The molecule has 0 atom stereocenters. The molecule has 18 heavy (non-hydrogen) atoms. The van der Waals surface area contributed by atoms with Gasteiger partial charge in [-0.1, -0.05) is 5.16 Å². The van der Waals surface area contributed by atoms with Gasteiger partial charge in [0.05, 0.1) is 0 Å². The van der Waals surface area contributed by atoms with E-state index in [1.54, 1.807) is 12.3 Å². The average Bonchev–Trinajstić information content (AvgIpc) is 3.06. The maximum absolute atomic E-state index is 5.20. The topological polar surface area (TPSA) is 76.7 Å². The molecule has 1 aliphatic carbocycles. The normalized spacial score (nSPS) is 14.9. The van der Waals surface area contributed by atoms with Crippen molar-refractivity contribution < 1.29 is 4.52 Å². The molecule has 1 saturated carbocycles. The SMILES string of the molecule is Cc1nccc(-c2noc(CCNC3CC3)n2)n1. The molecule has 2 aromatic heterocycles. The van der Waals surface area contributed by atoms with E-state index in [4.69, 9.17) is 4.52 Å². The first-order valence-electron chi connectivity index (χ1n) is 6.17. The Balaban J connectivity index is 1.64. The standard InChI is InChI=1S/C12H15N5O/c1-8-13-6-4-10(15-8)12-16-11(18-17-12)5-7-14-9-2-3-9/h4,6,9,14H,2-3,5,7H2,1H3. The van der Waals surface area contributed by atoms with Gasteiger partial charge in [-0.25, -0.2) is 9.97 Å². The number of nitrogens with one attached hydrogen (secondary N) is 1. The van der Waals surface area contributed by atoms with Gasteiger partial charge in [-0.05, 0) is 25.8 Å². The van der Waals surface area contributed by atoms with Crippen LogP contribution in [0.5, 0.6) is 0 Å². The van der Waals surface area contributed by atoms with Crippen molar-refractivity contribution in [1.82, 2.24) is 25.4 Å². The van der Waals surface area contributed by atoms with Gasteiger partial charge in [0.2, 0.25) is 11.7 Å². The molecule has 0 bridgehead atoms. The van der Waals surface area contributed by atoms with E-state index in [-0.39, 0.29) is 0 Å². The van der Waals surface area contributed by atoms with Crippen molar-refractivity contribution in [3.8, 4) is 11.5 Å². The molecule has 2 heterocycles. The molecule has 1 fully saturated rings. The van der Waals surface area contributed by atoms with Crippen LogP contribution >= 0.6 is 0 Å². The van der Waals surface area contributed by atoms with Crippen molar-refractivity contribution in [2.24, 2.45) is 0 Å². The Bertz CT molecular complexity index is 535. The van der Waals surface area contributed by atoms with Crippen LogP contribution < -0.4 is 5.32 Å². The van der Waals surface area contributed by atoms with E-state index in [0.29, 0.717) is 29.3 Å². The maximum atomic E-state index is 5.20. The van der Waals surface area contributed by atoms with Gasteiger partial charge in [-0.15, -0.1) is 0 Å². The minimum atomic E-state index is 0.530. The molecule has 0 spiro atoms. The second kappa shape index (κ2) is 4.81. The van der Waals surface area contributed by atoms with Crippen LogP contribution in [0.25, 0.3) is 11.5 Å². The highest BCUT2D eigenvalue weighted by Crippen LogP contribution is 2.18. The van der Waals surface area contributed by atoms with E-state index >= 15 is 0 Å². The lowest BCUT2D eigenvalue weighted by Crippen LogP contribution is -2.19. The fourth-order valence-corrected chi connectivity index (χ4v) is 1.71. The quantitative estimate of drug-likeness (QED) is 0.851. The van der Waals surface area contributed by atoms with Gasteiger partial charge in [0.15, 0.2) is 0 Å². The van der Waals surface area contributed by atoms with Gasteiger partial charge in [0, 0.05) is 25.2 Å². The number of nitrogens with zero attached hydrogens (tertiary/aromatic N) is 4. The Hall–Kier alpha value is -1.82. The van der Waals surface area contributed by atoms with E-state index in [2.05, 4.69) is 25.4 Å². The van der Waals surface area contributed by atoms with Crippen LogP contribution in [0.4, 0.5) is 0 Å². The number of aromatic nitrogens is 4. The number of hydrogen-bond acceptors (Lipinski definition) is 6. The molecule has 1 N–H and O–H groups in total. The highest BCUT2D eigenvalue weighted by atomic mass is 16.5. The summed E-state index contributed by atoms with van der Waals surface area (Å²) in [5.74, 6) is 1.88. The highest BCUT2D eigenvalue weighted by Gasteiger charge is 2.20. The zero-order valence-electron chi connectivity index (χ0n) is 10.3. The Labute approximate surface area is 105 Å². The summed E-state index contributed by atoms with van der Waals surface area (Å²) < 4.78 is 5.20. The van der Waals surface area contributed by atoms with Crippen molar-refractivity contribution in [1.29, 1.82) is 0 Å². The lowest BCUT2D eigenvalue weighted by Gasteiger charge is -1.97. The Morgan fingerprint density at radius 1 is 1.39 bits per heavy atom. The van der Waals surface area contributed by atoms with Crippen LogP contribution in [0.3, 0.4) is 0 Å². The van der Waals surface area contributed by atoms with Gasteiger partial charge in [-0.3, -0.25) is 0 Å². The Morgan fingerprint density at radius 3 is 3.06 bits per heavy atom. The van der Waals surface area contributed by atoms with Crippen molar-refractivity contribution in [3.05, 3.63) is 24.0 Å². The fourth-order valence-electron chi connectivity index (χ4n) is 1.71. The summed E-state index contributed by atoms with van der Waals surface area (Å²) in [6.45, 7) is 2.72. The lowest BCUT2D eigenvalue weighted by molar-refractivity contribution is 0.376. The molecular formula is C12H15N5O. The van der Waals surface area contributed by atoms with Gasteiger partial charge in [0.25, 0.3) is 0 Å². The lowest BCUT2D eigenvalue weighted by atomic mass is 10.3. The molecule has 0 amide bonds. The summed E-state index contributed by atoms with van der Waals surface area (Å²) >= 11 is 0. The number of aryl methyl sites for hydroxylation is 1. The van der Waals surface area contributed by atoms with Crippen LogP contribution in [0.1, 0.15) is 24.6 Å². The summed E-state index contributed by atoms with van der Waals surface area (Å²) in [4.78, 5) is 12.6. The third-order valence-electron chi connectivity index (χ3n) is 2.82. The maximum Gasteiger partial charge on any atom is 0.228 e. The van der Waals surface area contributed by atoms with Gasteiger partial charge < -0.3 is 9.84 Å². The monoisotopic (exact) mass is 245 g/mol. The summed E-state index contributed by atoms with van der Waals surface area (Å²) in [6, 6.07) is 2.49. The molecule has 6 nitrogen and oxygen atoms in total. The van der Waals surface area contributed by atoms with Crippen LogP contribution in [0.15, 0.2) is 16.8 Å². The summed E-state index contributed by atoms with van der Waals surface area (Å²) in [7, 11) is 0. The smallest absolute Gasteiger partial charge is 0.228 e. The zero-order valence-corrected chi connectivity index (χ0v) is 10.3. The molecule has 0 radical (unpaired) electrons. The Morgan fingerprint density at radius 2 is 2.28 bits per heavy atom. The predicted octanol–water partition coefficient (Wildman–Crippen LogP) is 1.13. The molecule has 0 saturated heterocycles. The van der Waals surface area contributed by atoms with E-state index in [9.17, 15) is 0 Å². The first-order chi connectivity index (χ1) is 8.81. The van der Waals surface area contributed by atoms with Crippen LogP contribution in [-0.4, -0.2) is 32.7 Å². The summed E-state index contributed by atoms with van der Waals surface area (Å²) in [5, 5.41) is 7.35. The molecule has 2 aromatic rings.